The molecule has 0 aliphatic carbocycles. The SMILES string of the molecule is O[C@H]1CCCN[C@@H]1CCCn1cnc2ccc(C(F)(F)F)cc21. The lowest BCUT2D eigenvalue weighted by Gasteiger charge is -2.29. The van der Waals surface area contributed by atoms with Crippen LogP contribution in [0, 0.1) is 0 Å². The van der Waals surface area contributed by atoms with Gasteiger partial charge in [-0.25, -0.2) is 4.98 Å². The number of nitrogens with one attached hydrogen (secondary N) is 1. The van der Waals surface area contributed by atoms with Gasteiger partial charge in [0.1, 0.15) is 0 Å². The highest BCUT2D eigenvalue weighted by atomic mass is 19.4. The number of benzene rings is 1. The van der Waals surface area contributed by atoms with Gasteiger partial charge in [0.25, 0.3) is 0 Å². The number of alkyl halides is 3. The summed E-state index contributed by atoms with van der Waals surface area (Å²) in [4.78, 5) is 4.15. The number of hydrogen-bond acceptors (Lipinski definition) is 3. The molecular formula is C16H20F3N3O. The second-order valence-corrected chi connectivity index (χ2v) is 6.05. The summed E-state index contributed by atoms with van der Waals surface area (Å²) >= 11 is 0. The Morgan fingerprint density at radius 1 is 1.35 bits per heavy atom. The molecule has 4 nitrogen and oxygen atoms in total. The molecule has 23 heavy (non-hydrogen) atoms. The predicted octanol–water partition coefficient (Wildman–Crippen LogP) is 2.95. The molecule has 2 N–H and O–H groups in total. The third-order valence-electron chi connectivity index (χ3n) is 4.41. The number of halogens is 3. The Labute approximate surface area is 132 Å². The third kappa shape index (κ3) is 3.67. The van der Waals surface area contributed by atoms with Gasteiger partial charge in [0, 0.05) is 12.6 Å². The maximum absolute atomic E-state index is 12.8. The van der Waals surface area contributed by atoms with Gasteiger partial charge in [0.15, 0.2) is 0 Å². The molecule has 0 amide bonds. The normalized spacial score (nSPS) is 22.6. The summed E-state index contributed by atoms with van der Waals surface area (Å²) in [5.41, 5.74) is 0.405. The summed E-state index contributed by atoms with van der Waals surface area (Å²) in [5.74, 6) is 0. The van der Waals surface area contributed by atoms with Crippen molar-refractivity contribution in [1.82, 2.24) is 14.9 Å². The van der Waals surface area contributed by atoms with E-state index in [0.717, 1.165) is 44.4 Å². The number of rotatable bonds is 4. The van der Waals surface area contributed by atoms with Crippen LogP contribution in [-0.4, -0.2) is 33.3 Å². The second kappa shape index (κ2) is 6.49. The van der Waals surface area contributed by atoms with Crippen LogP contribution in [0.3, 0.4) is 0 Å². The second-order valence-electron chi connectivity index (χ2n) is 6.05. The number of aliphatic hydroxyl groups is 1. The van der Waals surface area contributed by atoms with Crippen LogP contribution in [0.4, 0.5) is 13.2 Å². The molecule has 126 valence electrons. The molecule has 2 heterocycles. The van der Waals surface area contributed by atoms with E-state index in [2.05, 4.69) is 10.3 Å². The largest absolute Gasteiger partial charge is 0.416 e. The summed E-state index contributed by atoms with van der Waals surface area (Å²) in [7, 11) is 0. The van der Waals surface area contributed by atoms with Gasteiger partial charge in [-0.2, -0.15) is 13.2 Å². The first-order valence-electron chi connectivity index (χ1n) is 7.89. The van der Waals surface area contributed by atoms with E-state index in [0.29, 0.717) is 17.6 Å². The predicted molar refractivity (Wildman–Crippen MR) is 81.0 cm³/mol. The van der Waals surface area contributed by atoms with Crippen LogP contribution >= 0.6 is 0 Å². The molecule has 0 saturated carbocycles. The number of nitrogens with zero attached hydrogens (tertiary/aromatic N) is 2. The summed E-state index contributed by atoms with van der Waals surface area (Å²) in [6, 6.07) is 3.68. The van der Waals surface area contributed by atoms with Crippen molar-refractivity contribution in [3.05, 3.63) is 30.1 Å². The number of hydrogen-bond donors (Lipinski definition) is 2. The zero-order valence-corrected chi connectivity index (χ0v) is 12.7. The van der Waals surface area contributed by atoms with Crippen molar-refractivity contribution in [1.29, 1.82) is 0 Å². The van der Waals surface area contributed by atoms with Crippen molar-refractivity contribution in [2.75, 3.05) is 6.54 Å². The standard InChI is InChI=1S/C16H20F3N3O/c17-16(18,19)11-5-6-12-14(9-11)22(10-21-12)8-2-3-13-15(23)4-1-7-20-13/h5-6,9-10,13,15,20,23H,1-4,7-8H2/t13-,15+/m1/s1. The highest BCUT2D eigenvalue weighted by Crippen LogP contribution is 2.31. The topological polar surface area (TPSA) is 50.1 Å². The molecule has 2 atom stereocenters. The molecule has 1 aliphatic heterocycles. The van der Waals surface area contributed by atoms with E-state index in [4.69, 9.17) is 0 Å². The van der Waals surface area contributed by atoms with E-state index in [1.54, 1.807) is 10.9 Å². The van der Waals surface area contributed by atoms with Crippen LogP contribution in [0.25, 0.3) is 11.0 Å². The first kappa shape index (κ1) is 16.3. The third-order valence-corrected chi connectivity index (χ3v) is 4.41. The average Bonchev–Trinajstić information content (AvgIpc) is 2.91. The van der Waals surface area contributed by atoms with Crippen molar-refractivity contribution in [3.8, 4) is 0 Å². The monoisotopic (exact) mass is 327 g/mol. The quantitative estimate of drug-likeness (QED) is 0.908. The van der Waals surface area contributed by atoms with E-state index in [9.17, 15) is 18.3 Å². The highest BCUT2D eigenvalue weighted by molar-refractivity contribution is 5.76. The number of piperidine rings is 1. The van der Waals surface area contributed by atoms with Gasteiger partial charge in [0.2, 0.25) is 0 Å². The average molecular weight is 327 g/mol. The highest BCUT2D eigenvalue weighted by Gasteiger charge is 2.30. The van der Waals surface area contributed by atoms with E-state index < -0.39 is 11.7 Å². The van der Waals surface area contributed by atoms with E-state index in [-0.39, 0.29) is 12.1 Å². The first-order valence-corrected chi connectivity index (χ1v) is 7.89. The molecule has 1 aromatic heterocycles. The molecule has 0 unspecified atom stereocenters. The summed E-state index contributed by atoms with van der Waals surface area (Å²) in [6.45, 7) is 1.49. The summed E-state index contributed by atoms with van der Waals surface area (Å²) in [6.07, 6.45) is 0.246. The van der Waals surface area contributed by atoms with Crippen LogP contribution in [0.5, 0.6) is 0 Å². The van der Waals surface area contributed by atoms with Gasteiger partial charge in [-0.05, 0) is 50.4 Å². The molecule has 1 saturated heterocycles. The van der Waals surface area contributed by atoms with Gasteiger partial charge < -0.3 is 15.0 Å². The molecule has 3 rings (SSSR count). The zero-order chi connectivity index (χ0) is 16.4. The van der Waals surface area contributed by atoms with Crippen LogP contribution in [-0.2, 0) is 12.7 Å². The Hall–Kier alpha value is -1.60. The Kier molecular flexibility index (Phi) is 4.59. The molecule has 0 spiro atoms. The number of imidazole rings is 1. The van der Waals surface area contributed by atoms with Crippen molar-refractivity contribution in [2.24, 2.45) is 0 Å². The molecule has 7 heteroatoms. The fourth-order valence-corrected chi connectivity index (χ4v) is 3.12. The summed E-state index contributed by atoms with van der Waals surface area (Å²) < 4.78 is 40.2. The van der Waals surface area contributed by atoms with E-state index >= 15 is 0 Å². The Balaban J connectivity index is 1.68. The van der Waals surface area contributed by atoms with Crippen molar-refractivity contribution < 1.29 is 18.3 Å². The minimum atomic E-state index is -4.35. The Morgan fingerprint density at radius 2 is 2.17 bits per heavy atom. The zero-order valence-electron chi connectivity index (χ0n) is 12.7. The van der Waals surface area contributed by atoms with Crippen molar-refractivity contribution in [3.63, 3.8) is 0 Å². The van der Waals surface area contributed by atoms with Crippen LogP contribution in [0.15, 0.2) is 24.5 Å². The van der Waals surface area contributed by atoms with Gasteiger partial charge in [-0.3, -0.25) is 0 Å². The van der Waals surface area contributed by atoms with Crippen LogP contribution in [0.2, 0.25) is 0 Å². The van der Waals surface area contributed by atoms with Gasteiger partial charge in [-0.15, -0.1) is 0 Å². The minimum Gasteiger partial charge on any atom is -0.392 e. The number of aliphatic hydroxyl groups excluding tert-OH is 1. The molecular weight excluding hydrogens is 307 g/mol. The number of fused-ring (bicyclic) bond motifs is 1. The van der Waals surface area contributed by atoms with E-state index in [1.807, 2.05) is 0 Å². The van der Waals surface area contributed by atoms with Gasteiger partial charge in [-0.1, -0.05) is 0 Å². The number of aryl methyl sites for hydroxylation is 1. The fraction of sp³-hybridized carbons (Fsp3) is 0.562. The molecule has 1 aliphatic rings. The maximum atomic E-state index is 12.8. The van der Waals surface area contributed by atoms with Gasteiger partial charge in [0.05, 0.1) is 29.0 Å². The lowest BCUT2D eigenvalue weighted by molar-refractivity contribution is -0.137. The molecule has 1 aromatic carbocycles. The van der Waals surface area contributed by atoms with Gasteiger partial charge >= 0.3 is 6.18 Å². The number of aromatic nitrogens is 2. The van der Waals surface area contributed by atoms with Crippen LogP contribution < -0.4 is 5.32 Å². The maximum Gasteiger partial charge on any atom is 0.416 e. The molecule has 0 radical (unpaired) electrons. The molecule has 2 aromatic rings. The van der Waals surface area contributed by atoms with Crippen LogP contribution in [0.1, 0.15) is 31.2 Å². The lowest BCUT2D eigenvalue weighted by Crippen LogP contribution is -2.44. The smallest absolute Gasteiger partial charge is 0.392 e. The van der Waals surface area contributed by atoms with Crippen molar-refractivity contribution in [2.45, 2.75) is 50.6 Å². The first-order chi connectivity index (χ1) is 10.9. The Bertz CT molecular complexity index is 668. The Morgan fingerprint density at radius 3 is 2.91 bits per heavy atom. The fourth-order valence-electron chi connectivity index (χ4n) is 3.12. The molecule has 1 fully saturated rings. The van der Waals surface area contributed by atoms with Crippen molar-refractivity contribution >= 4 is 11.0 Å². The molecule has 0 bridgehead atoms. The van der Waals surface area contributed by atoms with E-state index in [1.165, 1.54) is 6.07 Å². The lowest BCUT2D eigenvalue weighted by atomic mass is 9.97. The summed E-state index contributed by atoms with van der Waals surface area (Å²) in [5, 5.41) is 13.2. The minimum absolute atomic E-state index is 0.0734.